The number of aromatic nitrogens is 1. The number of likely N-dealkylation sites (tertiary alicyclic amines) is 1. The Balaban J connectivity index is 1.55. The number of nitrogens with one attached hydrogen (secondary N) is 1. The quantitative estimate of drug-likeness (QED) is 0.518. The number of carbonyl (C=O) groups excluding carboxylic acids is 1. The number of para-hydroxylation sites is 1. The minimum atomic E-state index is -0.913. The fraction of sp³-hybridized carbons (Fsp3) is 0.360. The Morgan fingerprint density at radius 1 is 1.13 bits per heavy atom. The predicted molar refractivity (Wildman–Crippen MR) is 121 cm³/mol. The first-order valence-electron chi connectivity index (χ1n) is 10.9. The molecule has 1 aliphatic rings. The molecule has 0 radical (unpaired) electrons. The van der Waals surface area contributed by atoms with Crippen LogP contribution in [0.1, 0.15) is 46.4 Å². The molecule has 6 heteroatoms. The van der Waals surface area contributed by atoms with Crippen LogP contribution >= 0.6 is 0 Å². The van der Waals surface area contributed by atoms with Crippen LogP contribution in [0.15, 0.2) is 48.5 Å². The van der Waals surface area contributed by atoms with Gasteiger partial charge in [0, 0.05) is 49.1 Å². The van der Waals surface area contributed by atoms with Crippen LogP contribution in [0.3, 0.4) is 0 Å². The van der Waals surface area contributed by atoms with Crippen LogP contribution in [0.5, 0.6) is 0 Å². The van der Waals surface area contributed by atoms with Gasteiger partial charge in [0.15, 0.2) is 0 Å². The number of benzene rings is 2. The zero-order valence-electron chi connectivity index (χ0n) is 17.9. The van der Waals surface area contributed by atoms with Crippen LogP contribution < -0.4 is 5.32 Å². The van der Waals surface area contributed by atoms with Crippen LogP contribution in [0.4, 0.5) is 0 Å². The highest BCUT2D eigenvalue weighted by Crippen LogP contribution is 2.28. The number of aromatic carboxylic acids is 1. The second-order valence-corrected chi connectivity index (χ2v) is 8.18. The molecule has 0 atom stereocenters. The number of rotatable bonds is 9. The Morgan fingerprint density at radius 3 is 2.65 bits per heavy atom. The fourth-order valence-electron chi connectivity index (χ4n) is 4.47. The Labute approximate surface area is 182 Å². The van der Waals surface area contributed by atoms with Gasteiger partial charge in [-0.3, -0.25) is 4.79 Å². The van der Waals surface area contributed by atoms with Gasteiger partial charge in [-0.05, 0) is 43.5 Å². The zero-order valence-corrected chi connectivity index (χ0v) is 17.9. The standard InChI is InChI=1S/C25H29N3O3/c1-18-8-2-3-9-19(18)17-28-22-11-5-4-10-20(22)21(24(28)25(30)31)16-26-13-7-15-27-14-6-12-23(27)29/h2-5,8-11,26H,6-7,12-17H2,1H3,(H,30,31). The maximum Gasteiger partial charge on any atom is 0.352 e. The molecule has 162 valence electrons. The fourth-order valence-corrected chi connectivity index (χ4v) is 4.47. The highest BCUT2D eigenvalue weighted by atomic mass is 16.4. The lowest BCUT2D eigenvalue weighted by molar-refractivity contribution is -0.127. The molecule has 1 amide bonds. The summed E-state index contributed by atoms with van der Waals surface area (Å²) >= 11 is 0. The average molecular weight is 420 g/mol. The van der Waals surface area contributed by atoms with E-state index in [1.54, 1.807) is 0 Å². The van der Waals surface area contributed by atoms with E-state index in [0.29, 0.717) is 25.2 Å². The summed E-state index contributed by atoms with van der Waals surface area (Å²) in [6.07, 6.45) is 2.47. The molecule has 31 heavy (non-hydrogen) atoms. The number of hydrogen-bond donors (Lipinski definition) is 2. The van der Waals surface area contributed by atoms with Crippen molar-refractivity contribution in [3.05, 3.63) is 70.9 Å². The first-order valence-corrected chi connectivity index (χ1v) is 10.9. The maximum absolute atomic E-state index is 12.3. The van der Waals surface area contributed by atoms with Gasteiger partial charge in [-0.2, -0.15) is 0 Å². The zero-order chi connectivity index (χ0) is 21.8. The Bertz CT molecular complexity index is 1100. The van der Waals surface area contributed by atoms with Gasteiger partial charge >= 0.3 is 5.97 Å². The smallest absolute Gasteiger partial charge is 0.352 e. The molecule has 2 aromatic carbocycles. The molecule has 1 saturated heterocycles. The summed E-state index contributed by atoms with van der Waals surface area (Å²) in [6, 6.07) is 16.0. The number of carboxylic acids is 1. The van der Waals surface area contributed by atoms with E-state index in [1.807, 2.05) is 51.9 Å². The first kappa shape index (κ1) is 21.1. The van der Waals surface area contributed by atoms with E-state index in [9.17, 15) is 14.7 Å². The predicted octanol–water partition coefficient (Wildman–Crippen LogP) is 3.80. The summed E-state index contributed by atoms with van der Waals surface area (Å²) in [5.74, 6) is -0.670. The second-order valence-electron chi connectivity index (χ2n) is 8.18. The number of carboxylic acid groups (broad SMARTS) is 1. The summed E-state index contributed by atoms with van der Waals surface area (Å²) in [7, 11) is 0. The lowest BCUT2D eigenvalue weighted by Gasteiger charge is -2.15. The molecule has 1 aliphatic heterocycles. The van der Waals surface area contributed by atoms with Crippen LogP contribution in [-0.4, -0.2) is 46.1 Å². The molecule has 4 rings (SSSR count). The molecule has 0 unspecified atom stereocenters. The van der Waals surface area contributed by atoms with Crippen LogP contribution in [0.25, 0.3) is 10.9 Å². The third kappa shape index (κ3) is 4.49. The van der Waals surface area contributed by atoms with Gasteiger partial charge < -0.3 is 19.9 Å². The van der Waals surface area contributed by atoms with Crippen molar-refractivity contribution in [2.45, 2.75) is 39.3 Å². The minimum Gasteiger partial charge on any atom is -0.477 e. The van der Waals surface area contributed by atoms with Crippen LogP contribution in [0, 0.1) is 6.92 Å². The highest BCUT2D eigenvalue weighted by molar-refractivity contribution is 5.98. The number of hydrogen-bond acceptors (Lipinski definition) is 3. The molecule has 2 N–H and O–H groups in total. The van der Waals surface area contributed by atoms with Gasteiger partial charge in [-0.1, -0.05) is 42.5 Å². The Morgan fingerprint density at radius 2 is 1.90 bits per heavy atom. The van der Waals surface area contributed by atoms with Gasteiger partial charge in [0.25, 0.3) is 0 Å². The summed E-state index contributed by atoms with van der Waals surface area (Å²) in [6.45, 7) is 5.40. The summed E-state index contributed by atoms with van der Waals surface area (Å²) in [4.78, 5) is 25.9. The van der Waals surface area contributed by atoms with E-state index in [0.717, 1.165) is 60.1 Å². The second kappa shape index (κ2) is 9.35. The molecule has 6 nitrogen and oxygen atoms in total. The van der Waals surface area contributed by atoms with E-state index >= 15 is 0 Å². The monoisotopic (exact) mass is 419 g/mol. The number of carbonyl (C=O) groups is 2. The van der Waals surface area contributed by atoms with E-state index < -0.39 is 5.97 Å². The van der Waals surface area contributed by atoms with E-state index in [-0.39, 0.29) is 5.91 Å². The van der Waals surface area contributed by atoms with Crippen molar-refractivity contribution in [1.82, 2.24) is 14.8 Å². The molecule has 0 aliphatic carbocycles. The molecule has 0 bridgehead atoms. The van der Waals surface area contributed by atoms with Gasteiger partial charge in [-0.25, -0.2) is 4.79 Å². The van der Waals surface area contributed by atoms with E-state index in [1.165, 1.54) is 0 Å². The summed E-state index contributed by atoms with van der Waals surface area (Å²) < 4.78 is 1.92. The number of nitrogens with zero attached hydrogens (tertiary/aromatic N) is 2. The normalized spacial score (nSPS) is 14.0. The van der Waals surface area contributed by atoms with Crippen LogP contribution in [0.2, 0.25) is 0 Å². The van der Waals surface area contributed by atoms with Crippen molar-refractivity contribution in [1.29, 1.82) is 0 Å². The van der Waals surface area contributed by atoms with Crippen molar-refractivity contribution in [3.63, 3.8) is 0 Å². The Kier molecular flexibility index (Phi) is 6.37. The molecular formula is C25H29N3O3. The maximum atomic E-state index is 12.3. The van der Waals surface area contributed by atoms with Gasteiger partial charge in [0.05, 0.1) is 0 Å². The van der Waals surface area contributed by atoms with Crippen molar-refractivity contribution in [2.24, 2.45) is 0 Å². The lowest BCUT2D eigenvalue weighted by Crippen LogP contribution is -2.28. The number of amides is 1. The van der Waals surface area contributed by atoms with Crippen molar-refractivity contribution >= 4 is 22.8 Å². The average Bonchev–Trinajstić information content (AvgIpc) is 3.31. The van der Waals surface area contributed by atoms with Crippen molar-refractivity contribution in [3.8, 4) is 0 Å². The first-order chi connectivity index (χ1) is 15.1. The van der Waals surface area contributed by atoms with E-state index in [4.69, 9.17) is 0 Å². The molecule has 1 fully saturated rings. The van der Waals surface area contributed by atoms with Crippen LogP contribution in [-0.2, 0) is 17.9 Å². The summed E-state index contributed by atoms with van der Waals surface area (Å²) in [5, 5.41) is 14.4. The van der Waals surface area contributed by atoms with Gasteiger partial charge in [-0.15, -0.1) is 0 Å². The number of aryl methyl sites for hydroxylation is 1. The van der Waals surface area contributed by atoms with E-state index in [2.05, 4.69) is 18.3 Å². The SMILES string of the molecule is Cc1ccccc1Cn1c(C(=O)O)c(CNCCCN2CCCC2=O)c2ccccc21. The lowest BCUT2D eigenvalue weighted by atomic mass is 10.1. The largest absolute Gasteiger partial charge is 0.477 e. The molecule has 0 spiro atoms. The molecule has 1 aromatic heterocycles. The van der Waals surface area contributed by atoms with Gasteiger partial charge in [0.2, 0.25) is 5.91 Å². The van der Waals surface area contributed by atoms with Crippen molar-refractivity contribution in [2.75, 3.05) is 19.6 Å². The Hall–Kier alpha value is -3.12. The highest BCUT2D eigenvalue weighted by Gasteiger charge is 2.23. The molecule has 2 heterocycles. The molecule has 3 aromatic rings. The summed E-state index contributed by atoms with van der Waals surface area (Å²) in [5.41, 5.74) is 4.34. The minimum absolute atomic E-state index is 0.243. The van der Waals surface area contributed by atoms with Gasteiger partial charge in [0.1, 0.15) is 5.69 Å². The third-order valence-corrected chi connectivity index (χ3v) is 6.12. The molecular weight excluding hydrogens is 390 g/mol. The number of fused-ring (bicyclic) bond motifs is 1. The molecule has 0 saturated carbocycles. The van der Waals surface area contributed by atoms with Crippen molar-refractivity contribution < 1.29 is 14.7 Å². The third-order valence-electron chi connectivity index (χ3n) is 6.12. The topological polar surface area (TPSA) is 74.6 Å².